The number of nitrogens with zero attached hydrogens (tertiary/aromatic N) is 1. The zero-order chi connectivity index (χ0) is 15.7. The highest BCUT2D eigenvalue weighted by Gasteiger charge is 2.16. The Morgan fingerprint density at radius 2 is 1.95 bits per heavy atom. The van der Waals surface area contributed by atoms with Crippen molar-refractivity contribution in [2.24, 2.45) is 16.8 Å². The SMILES string of the molecule is CC(C)CNC(=O)CNCC(/C(N)=N/O)c1ccccc1. The molecule has 0 aromatic heterocycles. The maximum atomic E-state index is 11.6. The zero-order valence-corrected chi connectivity index (χ0v) is 12.5. The molecule has 21 heavy (non-hydrogen) atoms. The van der Waals surface area contributed by atoms with Gasteiger partial charge in [0.25, 0.3) is 0 Å². The number of oxime groups is 1. The van der Waals surface area contributed by atoms with E-state index in [-0.39, 0.29) is 24.2 Å². The summed E-state index contributed by atoms with van der Waals surface area (Å²) in [6, 6.07) is 9.50. The molecule has 0 aliphatic carbocycles. The molecule has 0 fully saturated rings. The van der Waals surface area contributed by atoms with Crippen molar-refractivity contribution in [1.82, 2.24) is 10.6 Å². The smallest absolute Gasteiger partial charge is 0.233 e. The molecule has 0 radical (unpaired) electrons. The number of rotatable bonds is 8. The van der Waals surface area contributed by atoms with Crippen molar-refractivity contribution in [1.29, 1.82) is 0 Å². The van der Waals surface area contributed by atoms with Gasteiger partial charge in [-0.3, -0.25) is 4.79 Å². The van der Waals surface area contributed by atoms with Crippen LogP contribution in [-0.2, 0) is 4.79 Å². The van der Waals surface area contributed by atoms with Gasteiger partial charge in [-0.1, -0.05) is 49.3 Å². The molecule has 0 heterocycles. The molecule has 1 aromatic rings. The summed E-state index contributed by atoms with van der Waals surface area (Å²) < 4.78 is 0. The van der Waals surface area contributed by atoms with E-state index in [0.717, 1.165) is 5.56 Å². The Morgan fingerprint density at radius 1 is 1.29 bits per heavy atom. The van der Waals surface area contributed by atoms with Crippen LogP contribution in [0.3, 0.4) is 0 Å². The number of benzene rings is 1. The fourth-order valence-electron chi connectivity index (χ4n) is 1.86. The van der Waals surface area contributed by atoms with E-state index in [4.69, 9.17) is 10.9 Å². The van der Waals surface area contributed by atoms with Crippen molar-refractivity contribution < 1.29 is 10.0 Å². The number of nitrogens with one attached hydrogen (secondary N) is 2. The molecule has 0 saturated heterocycles. The Labute approximate surface area is 125 Å². The summed E-state index contributed by atoms with van der Waals surface area (Å²) in [5.41, 5.74) is 6.66. The van der Waals surface area contributed by atoms with Crippen molar-refractivity contribution in [2.45, 2.75) is 19.8 Å². The van der Waals surface area contributed by atoms with Crippen molar-refractivity contribution >= 4 is 11.7 Å². The average molecular weight is 292 g/mol. The molecule has 0 aliphatic rings. The predicted octanol–water partition coefficient (Wildman–Crippen LogP) is 0.878. The van der Waals surface area contributed by atoms with E-state index < -0.39 is 0 Å². The van der Waals surface area contributed by atoms with Gasteiger partial charge in [-0.25, -0.2) is 0 Å². The first kappa shape index (κ1) is 17.0. The van der Waals surface area contributed by atoms with Crippen LogP contribution in [0.25, 0.3) is 0 Å². The van der Waals surface area contributed by atoms with E-state index in [2.05, 4.69) is 15.8 Å². The summed E-state index contributed by atoms with van der Waals surface area (Å²) in [6.07, 6.45) is 0. The Balaban J connectivity index is 2.50. The van der Waals surface area contributed by atoms with E-state index in [9.17, 15) is 4.79 Å². The monoisotopic (exact) mass is 292 g/mol. The summed E-state index contributed by atoms with van der Waals surface area (Å²) in [6.45, 7) is 5.36. The number of nitrogens with two attached hydrogens (primary N) is 1. The molecule has 1 unspecified atom stereocenters. The standard InChI is InChI=1S/C15H24N4O2/c1-11(2)8-18-14(20)10-17-9-13(15(16)19-21)12-6-4-3-5-7-12/h3-7,11,13,17,21H,8-10H2,1-2H3,(H2,16,19)(H,18,20). The second-order valence-corrected chi connectivity index (χ2v) is 5.32. The van der Waals surface area contributed by atoms with Crippen LogP contribution in [0.15, 0.2) is 35.5 Å². The number of hydrogen-bond acceptors (Lipinski definition) is 4. The molecule has 1 aromatic carbocycles. The average Bonchev–Trinajstić information content (AvgIpc) is 2.49. The molecule has 1 atom stereocenters. The lowest BCUT2D eigenvalue weighted by Crippen LogP contribution is -2.39. The number of amidine groups is 1. The van der Waals surface area contributed by atoms with Crippen molar-refractivity contribution in [3.05, 3.63) is 35.9 Å². The van der Waals surface area contributed by atoms with E-state index in [0.29, 0.717) is 19.0 Å². The van der Waals surface area contributed by atoms with E-state index in [1.807, 2.05) is 44.2 Å². The molecular weight excluding hydrogens is 268 g/mol. The van der Waals surface area contributed by atoms with Gasteiger partial charge in [0.2, 0.25) is 5.91 Å². The second-order valence-electron chi connectivity index (χ2n) is 5.32. The number of carbonyl (C=O) groups is 1. The van der Waals surface area contributed by atoms with Gasteiger partial charge in [0.05, 0.1) is 12.5 Å². The molecule has 0 bridgehead atoms. The first-order chi connectivity index (χ1) is 10.0. The van der Waals surface area contributed by atoms with Crippen LogP contribution in [0.2, 0.25) is 0 Å². The Kier molecular flexibility index (Phi) is 7.25. The molecule has 6 heteroatoms. The summed E-state index contributed by atoms with van der Waals surface area (Å²) >= 11 is 0. The summed E-state index contributed by atoms with van der Waals surface area (Å²) in [5.74, 6) is 0.212. The molecule has 116 valence electrons. The molecule has 6 nitrogen and oxygen atoms in total. The van der Waals surface area contributed by atoms with Crippen LogP contribution >= 0.6 is 0 Å². The van der Waals surface area contributed by atoms with E-state index in [1.54, 1.807) is 0 Å². The normalized spacial score (nSPS) is 13.2. The van der Waals surface area contributed by atoms with Crippen LogP contribution in [0.5, 0.6) is 0 Å². The van der Waals surface area contributed by atoms with Crippen LogP contribution in [0.4, 0.5) is 0 Å². The summed E-state index contributed by atoms with van der Waals surface area (Å²) in [5, 5.41) is 17.8. The Morgan fingerprint density at radius 3 is 2.52 bits per heavy atom. The van der Waals surface area contributed by atoms with Crippen molar-refractivity contribution in [3.8, 4) is 0 Å². The summed E-state index contributed by atoms with van der Waals surface area (Å²) in [4.78, 5) is 11.6. The number of hydrogen-bond donors (Lipinski definition) is 4. The highest BCUT2D eigenvalue weighted by atomic mass is 16.4. The molecular formula is C15H24N4O2. The van der Waals surface area contributed by atoms with Gasteiger partial charge in [-0.15, -0.1) is 0 Å². The molecule has 1 rings (SSSR count). The van der Waals surface area contributed by atoms with Crippen LogP contribution < -0.4 is 16.4 Å². The lowest BCUT2D eigenvalue weighted by atomic mass is 9.98. The minimum atomic E-state index is -0.269. The largest absolute Gasteiger partial charge is 0.409 e. The molecule has 0 spiro atoms. The molecule has 5 N–H and O–H groups in total. The quantitative estimate of drug-likeness (QED) is 0.247. The van der Waals surface area contributed by atoms with Crippen molar-refractivity contribution in [3.63, 3.8) is 0 Å². The highest BCUT2D eigenvalue weighted by Crippen LogP contribution is 2.14. The van der Waals surface area contributed by atoms with Crippen LogP contribution in [0.1, 0.15) is 25.3 Å². The van der Waals surface area contributed by atoms with Crippen LogP contribution in [0, 0.1) is 5.92 Å². The predicted molar refractivity (Wildman–Crippen MR) is 83.3 cm³/mol. The second kappa shape index (κ2) is 8.97. The Hall–Kier alpha value is -2.08. The minimum absolute atomic E-state index is 0.0602. The lowest BCUT2D eigenvalue weighted by Gasteiger charge is -2.16. The third-order valence-corrected chi connectivity index (χ3v) is 3.02. The zero-order valence-electron chi connectivity index (χ0n) is 12.5. The molecule has 1 amide bonds. The van der Waals surface area contributed by atoms with Gasteiger partial charge in [0, 0.05) is 13.1 Å². The summed E-state index contributed by atoms with van der Waals surface area (Å²) in [7, 11) is 0. The third kappa shape index (κ3) is 6.27. The first-order valence-electron chi connectivity index (χ1n) is 7.04. The number of amides is 1. The maximum absolute atomic E-state index is 11.6. The topological polar surface area (TPSA) is 99.7 Å². The number of carbonyl (C=O) groups excluding carboxylic acids is 1. The van der Waals surface area contributed by atoms with E-state index in [1.165, 1.54) is 0 Å². The fourth-order valence-corrected chi connectivity index (χ4v) is 1.86. The molecule has 0 saturated carbocycles. The van der Waals surface area contributed by atoms with Gasteiger partial charge < -0.3 is 21.6 Å². The highest BCUT2D eigenvalue weighted by molar-refractivity contribution is 5.87. The van der Waals surface area contributed by atoms with Crippen LogP contribution in [-0.4, -0.2) is 36.6 Å². The van der Waals surface area contributed by atoms with Gasteiger partial charge >= 0.3 is 0 Å². The van der Waals surface area contributed by atoms with Gasteiger partial charge in [0.1, 0.15) is 5.84 Å². The third-order valence-electron chi connectivity index (χ3n) is 3.02. The minimum Gasteiger partial charge on any atom is -0.409 e. The van der Waals surface area contributed by atoms with E-state index >= 15 is 0 Å². The molecule has 0 aliphatic heterocycles. The van der Waals surface area contributed by atoms with Gasteiger partial charge in [-0.05, 0) is 11.5 Å². The van der Waals surface area contributed by atoms with Gasteiger partial charge in [0.15, 0.2) is 0 Å². The maximum Gasteiger partial charge on any atom is 0.233 e. The first-order valence-corrected chi connectivity index (χ1v) is 7.04. The fraction of sp³-hybridized carbons (Fsp3) is 0.467. The van der Waals surface area contributed by atoms with Gasteiger partial charge in [-0.2, -0.15) is 0 Å². The Bertz CT molecular complexity index is 460. The van der Waals surface area contributed by atoms with Crippen molar-refractivity contribution in [2.75, 3.05) is 19.6 Å². The lowest BCUT2D eigenvalue weighted by molar-refractivity contribution is -0.120.